The lowest BCUT2D eigenvalue weighted by molar-refractivity contribution is 0.162. The van der Waals surface area contributed by atoms with Crippen LogP contribution in [0.25, 0.3) is 0 Å². The van der Waals surface area contributed by atoms with E-state index in [9.17, 15) is 5.11 Å². The monoisotopic (exact) mass is 236 g/mol. The largest absolute Gasteiger partial charge is 0.393 e. The molecule has 1 aliphatic rings. The van der Waals surface area contributed by atoms with Gasteiger partial charge in [0.25, 0.3) is 0 Å². The van der Waals surface area contributed by atoms with Gasteiger partial charge >= 0.3 is 0 Å². The Balaban J connectivity index is 1.90. The molecule has 1 saturated carbocycles. The smallest absolute Gasteiger partial charge is 0.0650 e. The number of nitrogens with zero attached hydrogens (tertiary/aromatic N) is 2. The van der Waals surface area contributed by atoms with Crippen molar-refractivity contribution >= 4 is 0 Å². The highest BCUT2D eigenvalue weighted by Crippen LogP contribution is 2.27. The van der Waals surface area contributed by atoms with Crippen molar-refractivity contribution < 1.29 is 5.11 Å². The van der Waals surface area contributed by atoms with E-state index in [1.54, 1.807) is 0 Å². The molecule has 0 saturated heterocycles. The fourth-order valence-corrected chi connectivity index (χ4v) is 2.71. The number of aliphatic hydroxyl groups is 1. The zero-order valence-corrected chi connectivity index (χ0v) is 10.8. The first-order chi connectivity index (χ1) is 8.29. The van der Waals surface area contributed by atoms with E-state index in [-0.39, 0.29) is 6.10 Å². The maximum Gasteiger partial charge on any atom is 0.0650 e. The molecule has 1 aliphatic carbocycles. The minimum atomic E-state index is -0.227. The Morgan fingerprint density at radius 1 is 1.41 bits per heavy atom. The first-order valence-electron chi connectivity index (χ1n) is 7.01. The predicted molar refractivity (Wildman–Crippen MR) is 69.0 cm³/mol. The average molecular weight is 236 g/mol. The molecule has 3 heteroatoms. The lowest BCUT2D eigenvalue weighted by atomic mass is 9.96. The zero-order chi connectivity index (χ0) is 12.1. The van der Waals surface area contributed by atoms with Crippen molar-refractivity contribution in [3.8, 4) is 0 Å². The Labute approximate surface area is 104 Å². The second-order valence-corrected chi connectivity index (χ2v) is 5.23. The van der Waals surface area contributed by atoms with Crippen molar-refractivity contribution in [1.29, 1.82) is 0 Å². The molecule has 96 valence electrons. The van der Waals surface area contributed by atoms with E-state index in [0.29, 0.717) is 12.5 Å². The summed E-state index contributed by atoms with van der Waals surface area (Å²) in [6.45, 7) is 2.10. The van der Waals surface area contributed by atoms with E-state index < -0.39 is 0 Å². The summed E-state index contributed by atoms with van der Waals surface area (Å²) < 4.78 is 2.12. The Morgan fingerprint density at radius 3 is 2.88 bits per heavy atom. The molecule has 17 heavy (non-hydrogen) atoms. The van der Waals surface area contributed by atoms with Gasteiger partial charge in [-0.15, -0.1) is 0 Å². The van der Waals surface area contributed by atoms with Gasteiger partial charge in [-0.3, -0.25) is 4.68 Å². The van der Waals surface area contributed by atoms with Crippen molar-refractivity contribution in [2.24, 2.45) is 0 Å². The van der Waals surface area contributed by atoms with E-state index >= 15 is 0 Å². The highest BCUT2D eigenvalue weighted by Gasteiger charge is 2.16. The summed E-state index contributed by atoms with van der Waals surface area (Å²) in [6, 6.07) is 2.66. The molecule has 3 nitrogen and oxygen atoms in total. The zero-order valence-electron chi connectivity index (χ0n) is 10.8. The van der Waals surface area contributed by atoms with Gasteiger partial charge in [-0.1, -0.05) is 32.6 Å². The van der Waals surface area contributed by atoms with Crippen LogP contribution in [0.3, 0.4) is 0 Å². The summed E-state index contributed by atoms with van der Waals surface area (Å²) in [7, 11) is 0. The maximum atomic E-state index is 9.77. The van der Waals surface area contributed by atoms with Crippen LogP contribution in [0, 0.1) is 0 Å². The highest BCUT2D eigenvalue weighted by atomic mass is 16.3. The van der Waals surface area contributed by atoms with Crippen molar-refractivity contribution in [3.63, 3.8) is 0 Å². The van der Waals surface area contributed by atoms with Crippen LogP contribution in [-0.2, 0) is 6.42 Å². The highest BCUT2D eigenvalue weighted by molar-refractivity contribution is 5.01. The van der Waals surface area contributed by atoms with Crippen LogP contribution in [0.5, 0.6) is 0 Å². The van der Waals surface area contributed by atoms with Crippen LogP contribution in [-0.4, -0.2) is 21.0 Å². The van der Waals surface area contributed by atoms with Gasteiger partial charge in [0.1, 0.15) is 0 Å². The summed E-state index contributed by atoms with van der Waals surface area (Å²) >= 11 is 0. The van der Waals surface area contributed by atoms with E-state index in [4.69, 9.17) is 0 Å². The van der Waals surface area contributed by atoms with Gasteiger partial charge in [0.05, 0.1) is 17.8 Å². The first kappa shape index (κ1) is 12.6. The predicted octanol–water partition coefficient (Wildman–Crippen LogP) is 3.09. The first-order valence-corrected chi connectivity index (χ1v) is 7.01. The van der Waals surface area contributed by atoms with Crippen LogP contribution < -0.4 is 0 Å². The normalized spacial score (nSPS) is 19.4. The number of rotatable bonds is 5. The minimum absolute atomic E-state index is 0.227. The Morgan fingerprint density at radius 2 is 2.18 bits per heavy atom. The topological polar surface area (TPSA) is 38.0 Å². The average Bonchev–Trinajstić information content (AvgIpc) is 2.79. The third-order valence-corrected chi connectivity index (χ3v) is 3.68. The van der Waals surface area contributed by atoms with Crippen molar-refractivity contribution in [3.05, 3.63) is 18.0 Å². The quantitative estimate of drug-likeness (QED) is 0.853. The van der Waals surface area contributed by atoms with Crippen LogP contribution in [0.4, 0.5) is 0 Å². The van der Waals surface area contributed by atoms with Gasteiger partial charge in [-0.25, -0.2) is 0 Å². The Kier molecular flexibility index (Phi) is 4.60. The summed E-state index contributed by atoms with van der Waals surface area (Å²) in [5.74, 6) is 0. The van der Waals surface area contributed by atoms with Gasteiger partial charge in [0.2, 0.25) is 0 Å². The van der Waals surface area contributed by atoms with Crippen molar-refractivity contribution in [1.82, 2.24) is 9.78 Å². The van der Waals surface area contributed by atoms with E-state index in [1.165, 1.54) is 32.1 Å². The lowest BCUT2D eigenvalue weighted by Gasteiger charge is -2.21. The van der Waals surface area contributed by atoms with Gasteiger partial charge in [-0.2, -0.15) is 5.10 Å². The third-order valence-electron chi connectivity index (χ3n) is 3.68. The third kappa shape index (κ3) is 3.56. The number of aromatic nitrogens is 2. The van der Waals surface area contributed by atoms with Gasteiger partial charge in [0.15, 0.2) is 0 Å². The number of aliphatic hydroxyl groups excluding tert-OH is 1. The minimum Gasteiger partial charge on any atom is -0.393 e. The molecule has 0 bridgehead atoms. The van der Waals surface area contributed by atoms with Crippen LogP contribution in [0.1, 0.15) is 63.6 Å². The molecule has 1 unspecified atom stereocenters. The molecule has 1 N–H and O–H groups in total. The van der Waals surface area contributed by atoms with Gasteiger partial charge < -0.3 is 5.11 Å². The standard InChI is InChI=1S/C14H24N2O/c1-2-6-14(17)11-12-9-10-16(15-12)13-7-4-3-5-8-13/h9-10,13-14,17H,2-8,11H2,1H3. The van der Waals surface area contributed by atoms with E-state index in [0.717, 1.165) is 18.5 Å². The summed E-state index contributed by atoms with van der Waals surface area (Å²) in [5.41, 5.74) is 1.04. The SMILES string of the molecule is CCCC(O)Cc1ccn(C2CCCCC2)n1. The molecule has 1 aromatic heterocycles. The summed E-state index contributed by atoms with van der Waals surface area (Å²) in [6.07, 6.45) is 11.0. The molecule has 0 amide bonds. The van der Waals surface area contributed by atoms with E-state index in [2.05, 4.69) is 29.0 Å². The Hall–Kier alpha value is -0.830. The molecule has 2 rings (SSSR count). The molecular formula is C14H24N2O. The number of hydrogen-bond acceptors (Lipinski definition) is 2. The number of hydrogen-bond donors (Lipinski definition) is 1. The fraction of sp³-hybridized carbons (Fsp3) is 0.786. The molecule has 0 aliphatic heterocycles. The summed E-state index contributed by atoms with van der Waals surface area (Å²) in [5, 5.41) is 14.4. The molecule has 1 heterocycles. The molecule has 1 aromatic rings. The fourth-order valence-electron chi connectivity index (χ4n) is 2.71. The van der Waals surface area contributed by atoms with Gasteiger partial charge in [0, 0.05) is 12.6 Å². The molecule has 0 spiro atoms. The second kappa shape index (κ2) is 6.20. The van der Waals surface area contributed by atoms with Crippen LogP contribution in [0.2, 0.25) is 0 Å². The van der Waals surface area contributed by atoms with E-state index in [1.807, 2.05) is 0 Å². The van der Waals surface area contributed by atoms with Crippen LogP contribution in [0.15, 0.2) is 12.3 Å². The maximum absolute atomic E-state index is 9.77. The molecular weight excluding hydrogens is 212 g/mol. The lowest BCUT2D eigenvalue weighted by Crippen LogP contribution is -2.15. The van der Waals surface area contributed by atoms with Crippen molar-refractivity contribution in [2.45, 2.75) is 70.4 Å². The molecule has 1 fully saturated rings. The second-order valence-electron chi connectivity index (χ2n) is 5.23. The summed E-state index contributed by atoms with van der Waals surface area (Å²) in [4.78, 5) is 0. The molecule has 0 radical (unpaired) electrons. The molecule has 1 atom stereocenters. The molecule has 0 aromatic carbocycles. The Bertz CT molecular complexity index is 329. The van der Waals surface area contributed by atoms with Crippen molar-refractivity contribution in [2.75, 3.05) is 0 Å². The van der Waals surface area contributed by atoms with Gasteiger partial charge in [-0.05, 0) is 25.3 Å². The van der Waals surface area contributed by atoms with Crippen LogP contribution >= 0.6 is 0 Å².